The van der Waals surface area contributed by atoms with E-state index in [1.165, 1.54) is 0 Å². The molecular formula is C17H15ClN2O3. The molecule has 0 aliphatic rings. The van der Waals surface area contributed by atoms with E-state index < -0.39 is 5.97 Å². The first kappa shape index (κ1) is 16.7. The van der Waals surface area contributed by atoms with E-state index in [-0.39, 0.29) is 18.7 Å². The largest absolute Gasteiger partial charge is 0.481 e. The van der Waals surface area contributed by atoms with E-state index in [1.807, 2.05) is 18.2 Å². The number of nitrogens with one attached hydrogen (secondary N) is 1. The molecule has 2 rings (SSSR count). The van der Waals surface area contributed by atoms with E-state index in [0.717, 1.165) is 5.56 Å². The summed E-state index contributed by atoms with van der Waals surface area (Å²) >= 11 is 6.04. The monoisotopic (exact) mass is 330 g/mol. The average Bonchev–Trinajstić information content (AvgIpc) is 2.53. The zero-order valence-electron chi connectivity index (χ0n) is 12.2. The van der Waals surface area contributed by atoms with Gasteiger partial charge in [-0.2, -0.15) is 0 Å². The van der Waals surface area contributed by atoms with Crippen molar-refractivity contribution >= 4 is 41.1 Å². The molecule has 0 saturated heterocycles. The van der Waals surface area contributed by atoms with Gasteiger partial charge < -0.3 is 10.4 Å². The van der Waals surface area contributed by atoms with Crippen molar-refractivity contribution in [1.82, 2.24) is 0 Å². The Hall–Kier alpha value is -2.66. The van der Waals surface area contributed by atoms with Gasteiger partial charge in [0.25, 0.3) is 0 Å². The van der Waals surface area contributed by atoms with Crippen LogP contribution in [0.2, 0.25) is 5.02 Å². The van der Waals surface area contributed by atoms with E-state index in [1.54, 1.807) is 36.5 Å². The summed E-state index contributed by atoms with van der Waals surface area (Å²) in [5.41, 5.74) is 2.13. The Morgan fingerprint density at radius 3 is 2.43 bits per heavy atom. The topological polar surface area (TPSA) is 78.8 Å². The molecule has 2 aromatic carbocycles. The molecule has 0 unspecified atom stereocenters. The number of carbonyl (C=O) groups excluding carboxylic acids is 1. The van der Waals surface area contributed by atoms with Crippen molar-refractivity contribution in [3.8, 4) is 0 Å². The molecule has 0 bridgehead atoms. The Labute approximate surface area is 138 Å². The molecule has 1 amide bonds. The summed E-state index contributed by atoms with van der Waals surface area (Å²) < 4.78 is 0. The third-order valence-electron chi connectivity index (χ3n) is 2.97. The first-order chi connectivity index (χ1) is 11.0. The van der Waals surface area contributed by atoms with Gasteiger partial charge in [0, 0.05) is 28.9 Å². The first-order valence-corrected chi connectivity index (χ1v) is 7.33. The lowest BCUT2D eigenvalue weighted by molar-refractivity contribution is -0.138. The Kier molecular flexibility index (Phi) is 5.88. The van der Waals surface area contributed by atoms with Crippen LogP contribution in [0.25, 0.3) is 0 Å². The quantitative estimate of drug-likeness (QED) is 0.788. The number of aliphatic imine (C=N–C) groups is 1. The molecule has 2 N–H and O–H groups in total. The third-order valence-corrected chi connectivity index (χ3v) is 3.32. The minimum absolute atomic E-state index is 0.0538. The van der Waals surface area contributed by atoms with E-state index in [0.29, 0.717) is 16.4 Å². The lowest BCUT2D eigenvalue weighted by atomic mass is 10.2. The Morgan fingerprint density at radius 1 is 1.09 bits per heavy atom. The fraction of sp³-hybridized carbons (Fsp3) is 0.118. The van der Waals surface area contributed by atoms with Crippen LogP contribution in [0.1, 0.15) is 18.4 Å². The summed E-state index contributed by atoms with van der Waals surface area (Å²) in [7, 11) is 0. The van der Waals surface area contributed by atoms with E-state index in [4.69, 9.17) is 16.7 Å². The molecule has 6 heteroatoms. The summed E-state index contributed by atoms with van der Waals surface area (Å²) in [6.45, 7) is 0. The van der Waals surface area contributed by atoms with E-state index in [2.05, 4.69) is 10.3 Å². The number of benzene rings is 2. The summed E-state index contributed by atoms with van der Waals surface area (Å²) in [5.74, 6) is -1.33. The standard InChI is InChI=1S/C17H15ClN2O3/c18-15-4-2-1-3-12(15)11-19-13-5-7-14(8-6-13)20-16(21)9-10-17(22)23/h1-8,11H,9-10H2,(H,20,21)(H,22,23). The van der Waals surface area contributed by atoms with Crippen molar-refractivity contribution in [3.63, 3.8) is 0 Å². The molecule has 0 aromatic heterocycles. The maximum Gasteiger partial charge on any atom is 0.303 e. The van der Waals surface area contributed by atoms with Crippen LogP contribution >= 0.6 is 11.6 Å². The molecule has 0 aliphatic carbocycles. The van der Waals surface area contributed by atoms with Crippen molar-refractivity contribution in [3.05, 3.63) is 59.1 Å². The van der Waals surface area contributed by atoms with E-state index >= 15 is 0 Å². The van der Waals surface area contributed by atoms with Crippen molar-refractivity contribution in [2.75, 3.05) is 5.32 Å². The molecule has 5 nitrogen and oxygen atoms in total. The fourth-order valence-electron chi connectivity index (χ4n) is 1.80. The number of hydrogen-bond donors (Lipinski definition) is 2. The number of anilines is 1. The van der Waals surface area contributed by atoms with Crippen LogP contribution in [-0.2, 0) is 9.59 Å². The predicted molar refractivity (Wildman–Crippen MR) is 90.6 cm³/mol. The van der Waals surface area contributed by atoms with Gasteiger partial charge in [-0.3, -0.25) is 14.6 Å². The molecular weight excluding hydrogens is 316 g/mol. The van der Waals surface area contributed by atoms with Gasteiger partial charge in [-0.25, -0.2) is 0 Å². The van der Waals surface area contributed by atoms with Crippen LogP contribution in [-0.4, -0.2) is 23.2 Å². The maximum absolute atomic E-state index is 11.5. The predicted octanol–water partition coefficient (Wildman–Crippen LogP) is 3.89. The lowest BCUT2D eigenvalue weighted by Gasteiger charge is -2.04. The van der Waals surface area contributed by atoms with Gasteiger partial charge >= 0.3 is 5.97 Å². The molecule has 0 aliphatic heterocycles. The first-order valence-electron chi connectivity index (χ1n) is 6.95. The number of amides is 1. The maximum atomic E-state index is 11.5. The number of carbonyl (C=O) groups is 2. The third kappa shape index (κ3) is 5.56. The van der Waals surface area contributed by atoms with Gasteiger partial charge in [0.15, 0.2) is 0 Å². The van der Waals surface area contributed by atoms with Crippen molar-refractivity contribution in [1.29, 1.82) is 0 Å². The van der Waals surface area contributed by atoms with Crippen LogP contribution < -0.4 is 5.32 Å². The number of aliphatic carboxylic acids is 1. The van der Waals surface area contributed by atoms with Crippen LogP contribution in [0.5, 0.6) is 0 Å². The Bertz CT molecular complexity index is 727. The molecule has 0 fully saturated rings. The fourth-order valence-corrected chi connectivity index (χ4v) is 1.98. The van der Waals surface area contributed by atoms with Crippen LogP contribution in [0, 0.1) is 0 Å². The molecule has 118 valence electrons. The average molecular weight is 331 g/mol. The minimum Gasteiger partial charge on any atom is -0.481 e. The summed E-state index contributed by atoms with van der Waals surface area (Å²) in [6.07, 6.45) is 1.43. The summed E-state index contributed by atoms with van der Waals surface area (Å²) in [6, 6.07) is 14.3. The number of hydrogen-bond acceptors (Lipinski definition) is 3. The molecule has 2 aromatic rings. The highest BCUT2D eigenvalue weighted by molar-refractivity contribution is 6.33. The van der Waals surface area contributed by atoms with Gasteiger partial charge in [-0.05, 0) is 30.3 Å². The highest BCUT2D eigenvalue weighted by Crippen LogP contribution is 2.18. The second-order valence-electron chi connectivity index (χ2n) is 4.77. The Morgan fingerprint density at radius 2 is 1.78 bits per heavy atom. The molecule has 0 heterocycles. The van der Waals surface area contributed by atoms with Crippen LogP contribution in [0.4, 0.5) is 11.4 Å². The van der Waals surface area contributed by atoms with Gasteiger partial charge in [0.05, 0.1) is 12.1 Å². The Balaban J connectivity index is 1.96. The second kappa shape index (κ2) is 8.10. The highest BCUT2D eigenvalue weighted by Gasteiger charge is 2.05. The lowest BCUT2D eigenvalue weighted by Crippen LogP contribution is -2.12. The van der Waals surface area contributed by atoms with Gasteiger partial charge in [-0.1, -0.05) is 29.8 Å². The molecule has 0 atom stereocenters. The van der Waals surface area contributed by atoms with Crippen molar-refractivity contribution in [2.45, 2.75) is 12.8 Å². The van der Waals surface area contributed by atoms with Crippen LogP contribution in [0.15, 0.2) is 53.5 Å². The highest BCUT2D eigenvalue weighted by atomic mass is 35.5. The molecule has 0 saturated carbocycles. The summed E-state index contributed by atoms with van der Waals surface area (Å²) in [5, 5.41) is 11.8. The zero-order valence-corrected chi connectivity index (χ0v) is 13.0. The molecule has 23 heavy (non-hydrogen) atoms. The number of rotatable bonds is 6. The molecule has 0 spiro atoms. The van der Waals surface area contributed by atoms with Gasteiger partial charge in [0.2, 0.25) is 5.91 Å². The number of nitrogens with zero attached hydrogens (tertiary/aromatic N) is 1. The van der Waals surface area contributed by atoms with Gasteiger partial charge in [-0.15, -0.1) is 0 Å². The zero-order chi connectivity index (χ0) is 16.7. The summed E-state index contributed by atoms with van der Waals surface area (Å²) in [4.78, 5) is 26.3. The van der Waals surface area contributed by atoms with Crippen LogP contribution in [0.3, 0.4) is 0 Å². The second-order valence-corrected chi connectivity index (χ2v) is 5.18. The minimum atomic E-state index is -0.996. The number of halogens is 1. The number of carboxylic acids is 1. The normalized spacial score (nSPS) is 10.7. The van der Waals surface area contributed by atoms with E-state index in [9.17, 15) is 9.59 Å². The van der Waals surface area contributed by atoms with Gasteiger partial charge in [0.1, 0.15) is 0 Å². The smallest absolute Gasteiger partial charge is 0.303 e. The SMILES string of the molecule is O=C(O)CCC(=O)Nc1ccc(N=Cc2ccccc2Cl)cc1. The number of carboxylic acid groups (broad SMARTS) is 1. The van der Waals surface area contributed by atoms with Crippen molar-refractivity contribution < 1.29 is 14.7 Å². The molecule has 0 radical (unpaired) electrons. The van der Waals surface area contributed by atoms with Crippen molar-refractivity contribution in [2.24, 2.45) is 4.99 Å².